The lowest BCUT2D eigenvalue weighted by Gasteiger charge is -2.08. The lowest BCUT2D eigenvalue weighted by molar-refractivity contribution is 0.251. The molecule has 0 spiro atoms. The molecule has 0 aliphatic carbocycles. The van der Waals surface area contributed by atoms with Crippen molar-refractivity contribution in [1.82, 2.24) is 10.3 Å². The number of urea groups is 1. The molecule has 0 saturated carbocycles. The standard InChI is InChI=1S/C15H16BrN3O2/c1-2-21-13-5-3-11(4-6-13)10-18-15(20)19-14-9-12(16)7-8-17-14/h3-9H,2,10H2,1H3,(H2,17,18,19,20). The Morgan fingerprint density at radius 1 is 1.29 bits per heavy atom. The van der Waals surface area contributed by atoms with Crippen molar-refractivity contribution in [3.8, 4) is 5.75 Å². The Hall–Kier alpha value is -2.08. The van der Waals surface area contributed by atoms with Crippen LogP contribution in [0.4, 0.5) is 10.6 Å². The molecule has 0 atom stereocenters. The van der Waals surface area contributed by atoms with Crippen molar-refractivity contribution in [3.63, 3.8) is 0 Å². The van der Waals surface area contributed by atoms with Gasteiger partial charge in [-0.1, -0.05) is 28.1 Å². The summed E-state index contributed by atoms with van der Waals surface area (Å²) >= 11 is 3.32. The smallest absolute Gasteiger partial charge is 0.320 e. The van der Waals surface area contributed by atoms with Gasteiger partial charge in [0, 0.05) is 17.2 Å². The Morgan fingerprint density at radius 3 is 2.71 bits per heavy atom. The highest BCUT2D eigenvalue weighted by atomic mass is 79.9. The van der Waals surface area contributed by atoms with Gasteiger partial charge in [0.1, 0.15) is 11.6 Å². The zero-order valence-electron chi connectivity index (χ0n) is 11.6. The molecule has 0 fully saturated rings. The number of aromatic nitrogens is 1. The van der Waals surface area contributed by atoms with Gasteiger partial charge in [0.05, 0.1) is 6.61 Å². The fourth-order valence-corrected chi connectivity index (χ4v) is 2.02. The molecule has 0 radical (unpaired) electrons. The number of rotatable bonds is 5. The summed E-state index contributed by atoms with van der Waals surface area (Å²) in [6.45, 7) is 3.02. The summed E-state index contributed by atoms with van der Waals surface area (Å²) in [6, 6.07) is 10.8. The van der Waals surface area contributed by atoms with E-state index in [1.54, 1.807) is 18.3 Å². The van der Waals surface area contributed by atoms with Crippen molar-refractivity contribution in [2.75, 3.05) is 11.9 Å². The summed E-state index contributed by atoms with van der Waals surface area (Å²) in [5.41, 5.74) is 0.996. The van der Waals surface area contributed by atoms with Gasteiger partial charge in [0.2, 0.25) is 0 Å². The molecule has 2 N–H and O–H groups in total. The van der Waals surface area contributed by atoms with Crippen LogP contribution >= 0.6 is 15.9 Å². The van der Waals surface area contributed by atoms with E-state index in [0.717, 1.165) is 15.8 Å². The molecular weight excluding hydrogens is 334 g/mol. The molecule has 110 valence electrons. The minimum absolute atomic E-state index is 0.297. The van der Waals surface area contributed by atoms with Gasteiger partial charge in [-0.05, 0) is 36.8 Å². The van der Waals surface area contributed by atoms with Crippen LogP contribution in [0.5, 0.6) is 5.75 Å². The third-order valence-corrected chi connectivity index (χ3v) is 3.14. The first-order valence-electron chi connectivity index (χ1n) is 6.55. The van der Waals surface area contributed by atoms with Crippen LogP contribution in [0, 0.1) is 0 Å². The molecule has 2 amide bonds. The molecule has 21 heavy (non-hydrogen) atoms. The number of nitrogens with one attached hydrogen (secondary N) is 2. The summed E-state index contributed by atoms with van der Waals surface area (Å²) < 4.78 is 6.22. The monoisotopic (exact) mass is 349 g/mol. The maximum atomic E-state index is 11.8. The molecule has 1 aromatic carbocycles. The van der Waals surface area contributed by atoms with Gasteiger partial charge in [-0.15, -0.1) is 0 Å². The van der Waals surface area contributed by atoms with E-state index in [1.165, 1.54) is 0 Å². The molecule has 5 nitrogen and oxygen atoms in total. The number of halogens is 1. The fourth-order valence-electron chi connectivity index (χ4n) is 1.69. The molecule has 2 rings (SSSR count). The lowest BCUT2D eigenvalue weighted by atomic mass is 10.2. The second-order valence-corrected chi connectivity index (χ2v) is 5.16. The zero-order chi connectivity index (χ0) is 15.1. The SMILES string of the molecule is CCOc1ccc(CNC(=O)Nc2cc(Br)ccn2)cc1. The third kappa shape index (κ3) is 5.07. The first-order chi connectivity index (χ1) is 10.2. The van der Waals surface area contributed by atoms with Crippen molar-refractivity contribution < 1.29 is 9.53 Å². The molecule has 6 heteroatoms. The van der Waals surface area contributed by atoms with Crippen molar-refractivity contribution >= 4 is 27.8 Å². The lowest BCUT2D eigenvalue weighted by Crippen LogP contribution is -2.28. The Balaban J connectivity index is 1.83. The van der Waals surface area contributed by atoms with Gasteiger partial charge in [-0.3, -0.25) is 5.32 Å². The van der Waals surface area contributed by atoms with E-state index in [9.17, 15) is 4.79 Å². The van der Waals surface area contributed by atoms with Crippen LogP contribution in [0.15, 0.2) is 47.1 Å². The third-order valence-electron chi connectivity index (χ3n) is 2.65. The summed E-state index contributed by atoms with van der Waals surface area (Å²) in [7, 11) is 0. The number of hydrogen-bond donors (Lipinski definition) is 2. The van der Waals surface area contributed by atoms with Crippen LogP contribution in [0.3, 0.4) is 0 Å². The number of nitrogens with zero attached hydrogens (tertiary/aromatic N) is 1. The predicted octanol–water partition coefficient (Wildman–Crippen LogP) is 3.56. The van der Waals surface area contributed by atoms with E-state index in [-0.39, 0.29) is 6.03 Å². The molecule has 2 aromatic rings. The maximum Gasteiger partial charge on any atom is 0.320 e. The first-order valence-corrected chi connectivity index (χ1v) is 7.35. The van der Waals surface area contributed by atoms with E-state index in [2.05, 4.69) is 31.5 Å². The highest BCUT2D eigenvalue weighted by Crippen LogP contribution is 2.13. The highest BCUT2D eigenvalue weighted by molar-refractivity contribution is 9.10. The summed E-state index contributed by atoms with van der Waals surface area (Å²) in [5.74, 6) is 1.32. The molecule has 0 saturated heterocycles. The number of carbonyl (C=O) groups is 1. The zero-order valence-corrected chi connectivity index (χ0v) is 13.2. The number of carbonyl (C=O) groups excluding carboxylic acids is 1. The number of ether oxygens (including phenoxy) is 1. The number of pyridine rings is 1. The largest absolute Gasteiger partial charge is 0.494 e. The summed E-state index contributed by atoms with van der Waals surface area (Å²) in [5, 5.41) is 5.44. The van der Waals surface area contributed by atoms with Crippen LogP contribution in [0.25, 0.3) is 0 Å². The Labute approximate surface area is 131 Å². The first kappa shape index (κ1) is 15.3. The maximum absolute atomic E-state index is 11.8. The predicted molar refractivity (Wildman–Crippen MR) is 85.4 cm³/mol. The van der Waals surface area contributed by atoms with Gasteiger partial charge in [0.15, 0.2) is 0 Å². The van der Waals surface area contributed by atoms with Crippen LogP contribution in [-0.4, -0.2) is 17.6 Å². The molecule has 1 heterocycles. The topological polar surface area (TPSA) is 63.2 Å². The quantitative estimate of drug-likeness (QED) is 0.867. The average molecular weight is 350 g/mol. The Kier molecular flexibility index (Phi) is 5.57. The molecule has 0 unspecified atom stereocenters. The van der Waals surface area contributed by atoms with Crippen molar-refractivity contribution in [2.24, 2.45) is 0 Å². The van der Waals surface area contributed by atoms with Gasteiger partial charge < -0.3 is 10.1 Å². The average Bonchev–Trinajstić information content (AvgIpc) is 2.47. The second kappa shape index (κ2) is 7.64. The van der Waals surface area contributed by atoms with E-state index in [1.807, 2.05) is 31.2 Å². The van der Waals surface area contributed by atoms with Crippen LogP contribution in [0.2, 0.25) is 0 Å². The van der Waals surface area contributed by atoms with Gasteiger partial charge in [0.25, 0.3) is 0 Å². The molecular formula is C15H16BrN3O2. The highest BCUT2D eigenvalue weighted by Gasteiger charge is 2.03. The summed E-state index contributed by atoms with van der Waals surface area (Å²) in [4.78, 5) is 15.8. The molecule has 0 aliphatic heterocycles. The number of anilines is 1. The van der Waals surface area contributed by atoms with E-state index in [0.29, 0.717) is 19.0 Å². The van der Waals surface area contributed by atoms with Crippen LogP contribution in [0.1, 0.15) is 12.5 Å². The van der Waals surface area contributed by atoms with Crippen molar-refractivity contribution in [2.45, 2.75) is 13.5 Å². The van der Waals surface area contributed by atoms with E-state index >= 15 is 0 Å². The van der Waals surface area contributed by atoms with Gasteiger partial charge in [-0.25, -0.2) is 9.78 Å². The Morgan fingerprint density at radius 2 is 2.05 bits per heavy atom. The Bertz CT molecular complexity index is 602. The number of benzene rings is 1. The minimum Gasteiger partial charge on any atom is -0.494 e. The second-order valence-electron chi connectivity index (χ2n) is 4.24. The number of hydrogen-bond acceptors (Lipinski definition) is 3. The van der Waals surface area contributed by atoms with Gasteiger partial charge >= 0.3 is 6.03 Å². The van der Waals surface area contributed by atoms with Crippen LogP contribution in [-0.2, 0) is 6.54 Å². The normalized spacial score (nSPS) is 10.0. The van der Waals surface area contributed by atoms with Crippen LogP contribution < -0.4 is 15.4 Å². The molecule has 0 aliphatic rings. The van der Waals surface area contributed by atoms with Gasteiger partial charge in [-0.2, -0.15) is 0 Å². The molecule has 1 aromatic heterocycles. The van der Waals surface area contributed by atoms with Crippen molar-refractivity contribution in [1.29, 1.82) is 0 Å². The fraction of sp³-hybridized carbons (Fsp3) is 0.200. The van der Waals surface area contributed by atoms with Crippen molar-refractivity contribution in [3.05, 3.63) is 52.6 Å². The number of amides is 2. The van der Waals surface area contributed by atoms with E-state index < -0.39 is 0 Å². The molecule has 0 bridgehead atoms. The van der Waals surface area contributed by atoms with E-state index in [4.69, 9.17) is 4.74 Å². The summed E-state index contributed by atoms with van der Waals surface area (Å²) in [6.07, 6.45) is 1.62. The minimum atomic E-state index is -0.297.